The van der Waals surface area contributed by atoms with Gasteiger partial charge in [-0.05, 0) is 29.8 Å². The van der Waals surface area contributed by atoms with E-state index in [0.717, 1.165) is 23.4 Å². The highest BCUT2D eigenvalue weighted by atomic mass is 16.5. The molecule has 3 heterocycles. The van der Waals surface area contributed by atoms with Gasteiger partial charge in [0.05, 0.1) is 6.54 Å². The van der Waals surface area contributed by atoms with Crippen molar-refractivity contribution in [3.05, 3.63) is 66.1 Å². The van der Waals surface area contributed by atoms with E-state index in [1.165, 1.54) is 0 Å². The molecule has 0 bridgehead atoms. The number of hydrogen-bond donors (Lipinski definition) is 2. The van der Waals surface area contributed by atoms with Crippen LogP contribution in [0.5, 0.6) is 0 Å². The number of piperazine rings is 1. The average Bonchev–Trinajstić information content (AvgIpc) is 3.23. The largest absolute Gasteiger partial charge is 0.360 e. The normalized spacial score (nSPS) is 13.9. The first-order valence-corrected chi connectivity index (χ1v) is 8.95. The molecule has 0 unspecified atom stereocenters. The molecular weight excluding hydrogens is 358 g/mol. The summed E-state index contributed by atoms with van der Waals surface area (Å²) >= 11 is 0. The molecule has 0 atom stereocenters. The lowest BCUT2D eigenvalue weighted by Gasteiger charge is -2.28. The van der Waals surface area contributed by atoms with Crippen molar-refractivity contribution in [2.75, 3.05) is 24.5 Å². The molecule has 0 aliphatic carbocycles. The van der Waals surface area contributed by atoms with Crippen LogP contribution in [0, 0.1) is 0 Å². The van der Waals surface area contributed by atoms with Gasteiger partial charge in [-0.3, -0.25) is 14.6 Å². The fraction of sp³-hybridized carbons (Fsp3) is 0.200. The minimum Gasteiger partial charge on any atom is -0.360 e. The van der Waals surface area contributed by atoms with Gasteiger partial charge in [0.15, 0.2) is 11.5 Å². The molecule has 2 N–H and O–H groups in total. The monoisotopic (exact) mass is 377 g/mol. The Hall–Kier alpha value is -3.68. The Balaban J connectivity index is 1.35. The summed E-state index contributed by atoms with van der Waals surface area (Å²) in [4.78, 5) is 29.9. The Morgan fingerprint density at radius 1 is 1.25 bits per heavy atom. The predicted molar refractivity (Wildman–Crippen MR) is 103 cm³/mol. The van der Waals surface area contributed by atoms with Crippen LogP contribution >= 0.6 is 0 Å². The van der Waals surface area contributed by atoms with Crippen LogP contribution in [0.3, 0.4) is 0 Å². The lowest BCUT2D eigenvalue weighted by molar-refractivity contribution is -0.120. The molecule has 0 radical (unpaired) electrons. The van der Waals surface area contributed by atoms with Gasteiger partial charge < -0.3 is 20.1 Å². The quantitative estimate of drug-likeness (QED) is 0.701. The Morgan fingerprint density at radius 2 is 2.11 bits per heavy atom. The summed E-state index contributed by atoms with van der Waals surface area (Å²) in [6.07, 6.45) is 3.31. The molecule has 1 fully saturated rings. The van der Waals surface area contributed by atoms with Gasteiger partial charge >= 0.3 is 0 Å². The van der Waals surface area contributed by atoms with Crippen LogP contribution in [0.2, 0.25) is 0 Å². The Kier molecular flexibility index (Phi) is 5.01. The van der Waals surface area contributed by atoms with E-state index < -0.39 is 0 Å². The molecule has 8 heteroatoms. The van der Waals surface area contributed by atoms with Crippen molar-refractivity contribution < 1.29 is 14.1 Å². The molecule has 0 spiro atoms. The number of aromatic nitrogens is 2. The van der Waals surface area contributed by atoms with E-state index in [4.69, 9.17) is 4.52 Å². The third-order valence-electron chi connectivity index (χ3n) is 4.48. The van der Waals surface area contributed by atoms with E-state index in [1.807, 2.05) is 35.2 Å². The first-order valence-electron chi connectivity index (χ1n) is 8.95. The maximum atomic E-state index is 12.3. The summed E-state index contributed by atoms with van der Waals surface area (Å²) in [5, 5.41) is 9.47. The molecule has 1 saturated heterocycles. The van der Waals surface area contributed by atoms with Crippen LogP contribution < -0.4 is 15.5 Å². The SMILES string of the molecule is O=C1CN(c2ccc(CNC(=O)c3cc(-c4cccnc4)on3)cc2)CCN1. The highest BCUT2D eigenvalue weighted by molar-refractivity contribution is 5.93. The summed E-state index contributed by atoms with van der Waals surface area (Å²) < 4.78 is 5.23. The molecule has 0 saturated carbocycles. The van der Waals surface area contributed by atoms with Crippen LogP contribution in [0.25, 0.3) is 11.3 Å². The van der Waals surface area contributed by atoms with E-state index in [2.05, 4.69) is 20.8 Å². The lowest BCUT2D eigenvalue weighted by atomic mass is 10.1. The minimum atomic E-state index is -0.310. The number of nitrogens with zero attached hydrogens (tertiary/aromatic N) is 3. The number of benzene rings is 1. The average molecular weight is 377 g/mol. The van der Waals surface area contributed by atoms with Crippen molar-refractivity contribution in [3.8, 4) is 11.3 Å². The van der Waals surface area contributed by atoms with E-state index in [-0.39, 0.29) is 17.5 Å². The zero-order valence-electron chi connectivity index (χ0n) is 15.1. The second-order valence-electron chi connectivity index (χ2n) is 6.44. The van der Waals surface area contributed by atoms with Gasteiger partial charge in [-0.1, -0.05) is 17.3 Å². The minimum absolute atomic E-state index is 0.0286. The highest BCUT2D eigenvalue weighted by Gasteiger charge is 2.16. The molecule has 2 aromatic heterocycles. The van der Waals surface area contributed by atoms with Gasteiger partial charge in [0, 0.05) is 49.3 Å². The molecule has 1 aliphatic rings. The Morgan fingerprint density at radius 3 is 2.86 bits per heavy atom. The van der Waals surface area contributed by atoms with Gasteiger partial charge in [-0.2, -0.15) is 0 Å². The van der Waals surface area contributed by atoms with Gasteiger partial charge in [-0.15, -0.1) is 0 Å². The number of amides is 2. The van der Waals surface area contributed by atoms with Crippen molar-refractivity contribution in [3.63, 3.8) is 0 Å². The summed E-state index contributed by atoms with van der Waals surface area (Å²) in [7, 11) is 0. The fourth-order valence-corrected chi connectivity index (χ4v) is 2.98. The Labute approximate surface area is 161 Å². The lowest BCUT2D eigenvalue weighted by Crippen LogP contribution is -2.47. The molecule has 1 aromatic carbocycles. The maximum Gasteiger partial charge on any atom is 0.273 e. The number of carbonyl (C=O) groups excluding carboxylic acids is 2. The molecule has 142 valence electrons. The van der Waals surface area contributed by atoms with Gasteiger partial charge in [-0.25, -0.2) is 0 Å². The van der Waals surface area contributed by atoms with Crippen molar-refractivity contribution in [2.45, 2.75) is 6.54 Å². The maximum absolute atomic E-state index is 12.3. The number of carbonyl (C=O) groups is 2. The number of anilines is 1. The van der Waals surface area contributed by atoms with Gasteiger partial charge in [0.2, 0.25) is 5.91 Å². The van der Waals surface area contributed by atoms with Gasteiger partial charge in [0.25, 0.3) is 5.91 Å². The smallest absolute Gasteiger partial charge is 0.273 e. The standard InChI is InChI=1S/C20H19N5O3/c26-19-13-25(9-8-22-19)16-5-3-14(4-6-16)11-23-20(27)17-10-18(28-24-17)15-2-1-7-21-12-15/h1-7,10,12H,8-9,11,13H2,(H,22,26)(H,23,27). The van der Waals surface area contributed by atoms with E-state index in [9.17, 15) is 9.59 Å². The first kappa shape index (κ1) is 17.7. The van der Waals surface area contributed by atoms with Crippen LogP contribution in [-0.4, -0.2) is 41.6 Å². The summed E-state index contributed by atoms with van der Waals surface area (Å²) in [6, 6.07) is 13.0. The zero-order valence-corrected chi connectivity index (χ0v) is 15.1. The summed E-state index contributed by atoms with van der Waals surface area (Å²) in [6.45, 7) is 2.17. The van der Waals surface area contributed by atoms with Crippen LogP contribution in [0.4, 0.5) is 5.69 Å². The number of hydrogen-bond acceptors (Lipinski definition) is 6. The molecule has 3 aromatic rings. The molecule has 28 heavy (non-hydrogen) atoms. The predicted octanol–water partition coefficient (Wildman–Crippen LogP) is 1.60. The van der Waals surface area contributed by atoms with Crippen LogP contribution in [-0.2, 0) is 11.3 Å². The summed E-state index contributed by atoms with van der Waals surface area (Å²) in [5.74, 6) is 0.213. The van der Waals surface area contributed by atoms with E-state index >= 15 is 0 Å². The second kappa shape index (κ2) is 7.91. The van der Waals surface area contributed by atoms with E-state index in [1.54, 1.807) is 24.5 Å². The fourth-order valence-electron chi connectivity index (χ4n) is 2.98. The molecule has 8 nitrogen and oxygen atoms in total. The van der Waals surface area contributed by atoms with Gasteiger partial charge in [0.1, 0.15) is 0 Å². The third-order valence-corrected chi connectivity index (χ3v) is 4.48. The number of nitrogens with one attached hydrogen (secondary N) is 2. The van der Waals surface area contributed by atoms with E-state index in [0.29, 0.717) is 25.4 Å². The van der Waals surface area contributed by atoms with Crippen LogP contribution in [0.1, 0.15) is 16.1 Å². The van der Waals surface area contributed by atoms with Crippen molar-refractivity contribution in [2.24, 2.45) is 0 Å². The molecule has 1 aliphatic heterocycles. The first-order chi connectivity index (χ1) is 13.7. The second-order valence-corrected chi connectivity index (χ2v) is 6.44. The molecular formula is C20H19N5O3. The number of rotatable bonds is 5. The summed E-state index contributed by atoms with van der Waals surface area (Å²) in [5.41, 5.74) is 2.92. The highest BCUT2D eigenvalue weighted by Crippen LogP contribution is 2.19. The number of pyridine rings is 1. The van der Waals surface area contributed by atoms with Crippen molar-refractivity contribution in [1.29, 1.82) is 0 Å². The van der Waals surface area contributed by atoms with Crippen molar-refractivity contribution in [1.82, 2.24) is 20.8 Å². The zero-order chi connectivity index (χ0) is 19.3. The topological polar surface area (TPSA) is 100 Å². The molecule has 4 rings (SSSR count). The third kappa shape index (κ3) is 4.01. The Bertz CT molecular complexity index is 969. The molecule has 2 amide bonds. The van der Waals surface area contributed by atoms with Crippen molar-refractivity contribution >= 4 is 17.5 Å². The van der Waals surface area contributed by atoms with Crippen LogP contribution in [0.15, 0.2) is 59.4 Å².